The molecule has 0 aliphatic heterocycles. The zero-order chi connectivity index (χ0) is 6.95. The Bertz CT molecular complexity index is 67.0. The molecule has 0 amide bonds. The molecule has 0 rings (SSSR count). The Kier molecular flexibility index (Phi) is 7.44. The van der Waals surface area contributed by atoms with Crippen LogP contribution in [0.1, 0.15) is 32.6 Å². The van der Waals surface area contributed by atoms with Gasteiger partial charge in [0, 0.05) is 0 Å². The van der Waals surface area contributed by atoms with Crippen LogP contribution in [0.15, 0.2) is 12.2 Å². The monoisotopic (exact) mass is 128 g/mol. The molecule has 0 radical (unpaired) electrons. The van der Waals surface area contributed by atoms with Gasteiger partial charge in [-0.3, -0.25) is 0 Å². The van der Waals surface area contributed by atoms with E-state index in [1.807, 2.05) is 6.08 Å². The van der Waals surface area contributed by atoms with Gasteiger partial charge in [0.15, 0.2) is 0 Å². The molecule has 0 atom stereocenters. The normalized spacial score (nSPS) is 10.9. The summed E-state index contributed by atoms with van der Waals surface area (Å²) in [5, 5.41) is 8.34. The van der Waals surface area contributed by atoms with Crippen LogP contribution in [0.5, 0.6) is 0 Å². The van der Waals surface area contributed by atoms with Crippen LogP contribution in [0.2, 0.25) is 0 Å². The molecular formula is C8H16O. The van der Waals surface area contributed by atoms with E-state index in [2.05, 4.69) is 6.92 Å². The molecule has 0 saturated heterocycles. The maximum absolute atomic E-state index is 8.34. The summed E-state index contributed by atoms with van der Waals surface area (Å²) < 4.78 is 0. The van der Waals surface area contributed by atoms with Crippen LogP contribution in [0.25, 0.3) is 0 Å². The zero-order valence-corrected chi connectivity index (χ0v) is 6.14. The fraction of sp³-hybridized carbons (Fsp3) is 0.750. The van der Waals surface area contributed by atoms with Crippen molar-refractivity contribution < 1.29 is 5.11 Å². The van der Waals surface area contributed by atoms with E-state index in [4.69, 9.17) is 5.11 Å². The lowest BCUT2D eigenvalue weighted by Crippen LogP contribution is -1.73. The molecule has 1 N–H and O–H groups in total. The molecule has 0 saturated carbocycles. The first-order valence-electron chi connectivity index (χ1n) is 3.67. The number of aliphatic hydroxyl groups excluding tert-OH is 1. The first kappa shape index (κ1) is 8.70. The van der Waals surface area contributed by atoms with Gasteiger partial charge in [0.1, 0.15) is 0 Å². The second-order valence-electron chi connectivity index (χ2n) is 2.15. The SMILES string of the molecule is CCCCC/C=C/CO. The summed E-state index contributed by atoms with van der Waals surface area (Å²) in [5.74, 6) is 0. The molecule has 0 heterocycles. The molecule has 0 aliphatic carbocycles. The lowest BCUT2D eigenvalue weighted by Gasteiger charge is -1.89. The summed E-state index contributed by atoms with van der Waals surface area (Å²) in [7, 11) is 0. The largest absolute Gasteiger partial charge is 0.392 e. The lowest BCUT2D eigenvalue weighted by atomic mass is 10.2. The maximum atomic E-state index is 8.34. The highest BCUT2D eigenvalue weighted by molar-refractivity contribution is 4.80. The van der Waals surface area contributed by atoms with Gasteiger partial charge in [-0.05, 0) is 12.8 Å². The molecule has 0 spiro atoms. The Labute approximate surface area is 57.4 Å². The number of aliphatic hydroxyl groups is 1. The molecule has 0 aromatic rings. The van der Waals surface area contributed by atoms with Crippen molar-refractivity contribution in [2.75, 3.05) is 6.61 Å². The van der Waals surface area contributed by atoms with E-state index in [1.165, 1.54) is 19.3 Å². The third-order valence-corrected chi connectivity index (χ3v) is 1.25. The van der Waals surface area contributed by atoms with Crippen LogP contribution in [0.4, 0.5) is 0 Å². The summed E-state index contributed by atoms with van der Waals surface area (Å²) in [5.41, 5.74) is 0. The molecule has 9 heavy (non-hydrogen) atoms. The highest BCUT2D eigenvalue weighted by atomic mass is 16.2. The van der Waals surface area contributed by atoms with Crippen LogP contribution < -0.4 is 0 Å². The van der Waals surface area contributed by atoms with E-state index in [9.17, 15) is 0 Å². The van der Waals surface area contributed by atoms with E-state index in [0.29, 0.717) is 0 Å². The van der Waals surface area contributed by atoms with Gasteiger partial charge in [0.05, 0.1) is 6.61 Å². The molecule has 1 nitrogen and oxygen atoms in total. The van der Waals surface area contributed by atoms with Crippen LogP contribution in [0, 0.1) is 0 Å². The Morgan fingerprint density at radius 1 is 1.22 bits per heavy atom. The van der Waals surface area contributed by atoms with Crippen LogP contribution in [-0.2, 0) is 0 Å². The van der Waals surface area contributed by atoms with E-state index >= 15 is 0 Å². The summed E-state index contributed by atoms with van der Waals surface area (Å²) >= 11 is 0. The standard InChI is InChI=1S/C8H16O/c1-2-3-4-5-6-7-8-9/h6-7,9H,2-5,8H2,1H3/b7-6+. The Morgan fingerprint density at radius 3 is 2.56 bits per heavy atom. The first-order valence-corrected chi connectivity index (χ1v) is 3.67. The van der Waals surface area contributed by atoms with Gasteiger partial charge in [-0.2, -0.15) is 0 Å². The van der Waals surface area contributed by atoms with Gasteiger partial charge in [0.2, 0.25) is 0 Å². The highest BCUT2D eigenvalue weighted by Crippen LogP contribution is 1.98. The highest BCUT2D eigenvalue weighted by Gasteiger charge is 1.79. The molecule has 0 aliphatic rings. The van der Waals surface area contributed by atoms with Gasteiger partial charge in [-0.25, -0.2) is 0 Å². The molecule has 0 unspecified atom stereocenters. The van der Waals surface area contributed by atoms with Crippen molar-refractivity contribution in [3.05, 3.63) is 12.2 Å². The Morgan fingerprint density at radius 2 is 2.00 bits per heavy atom. The van der Waals surface area contributed by atoms with Gasteiger partial charge < -0.3 is 5.11 Å². The van der Waals surface area contributed by atoms with Crippen molar-refractivity contribution in [2.45, 2.75) is 32.6 Å². The van der Waals surface area contributed by atoms with Crippen molar-refractivity contribution in [3.63, 3.8) is 0 Å². The minimum Gasteiger partial charge on any atom is -0.392 e. The number of unbranched alkanes of at least 4 members (excludes halogenated alkanes) is 3. The second-order valence-corrected chi connectivity index (χ2v) is 2.15. The minimum atomic E-state index is 0.187. The van der Waals surface area contributed by atoms with Crippen molar-refractivity contribution in [2.24, 2.45) is 0 Å². The quantitative estimate of drug-likeness (QED) is 0.444. The van der Waals surface area contributed by atoms with Crippen LogP contribution in [-0.4, -0.2) is 11.7 Å². The number of hydrogen-bond acceptors (Lipinski definition) is 1. The third-order valence-electron chi connectivity index (χ3n) is 1.25. The molecule has 0 aromatic carbocycles. The topological polar surface area (TPSA) is 20.2 Å². The summed E-state index contributed by atoms with van der Waals surface area (Å²) in [6.45, 7) is 2.38. The van der Waals surface area contributed by atoms with Crippen molar-refractivity contribution in [1.29, 1.82) is 0 Å². The Hall–Kier alpha value is -0.300. The number of hydrogen-bond donors (Lipinski definition) is 1. The summed E-state index contributed by atoms with van der Waals surface area (Å²) in [6.07, 6.45) is 8.79. The average molecular weight is 128 g/mol. The Balaban J connectivity index is 2.82. The van der Waals surface area contributed by atoms with E-state index in [-0.39, 0.29) is 6.61 Å². The van der Waals surface area contributed by atoms with Gasteiger partial charge >= 0.3 is 0 Å². The molecule has 1 heteroatoms. The fourth-order valence-electron chi connectivity index (χ4n) is 0.705. The lowest BCUT2D eigenvalue weighted by molar-refractivity contribution is 0.342. The van der Waals surface area contributed by atoms with Crippen molar-refractivity contribution in [3.8, 4) is 0 Å². The second kappa shape index (κ2) is 7.70. The van der Waals surface area contributed by atoms with E-state index in [0.717, 1.165) is 6.42 Å². The molecule has 0 bridgehead atoms. The zero-order valence-electron chi connectivity index (χ0n) is 6.14. The van der Waals surface area contributed by atoms with Crippen LogP contribution >= 0.6 is 0 Å². The van der Waals surface area contributed by atoms with Gasteiger partial charge in [-0.15, -0.1) is 0 Å². The smallest absolute Gasteiger partial charge is 0.0612 e. The molecule has 0 fully saturated rings. The first-order chi connectivity index (χ1) is 4.41. The third kappa shape index (κ3) is 7.70. The average Bonchev–Trinajstić information content (AvgIpc) is 1.89. The van der Waals surface area contributed by atoms with Crippen molar-refractivity contribution in [1.82, 2.24) is 0 Å². The summed E-state index contributed by atoms with van der Waals surface area (Å²) in [6, 6.07) is 0. The summed E-state index contributed by atoms with van der Waals surface area (Å²) in [4.78, 5) is 0. The fourth-order valence-corrected chi connectivity index (χ4v) is 0.705. The van der Waals surface area contributed by atoms with Crippen molar-refractivity contribution >= 4 is 0 Å². The van der Waals surface area contributed by atoms with Crippen LogP contribution in [0.3, 0.4) is 0 Å². The predicted molar refractivity (Wildman–Crippen MR) is 40.4 cm³/mol. The molecular weight excluding hydrogens is 112 g/mol. The van der Waals surface area contributed by atoms with Gasteiger partial charge in [-0.1, -0.05) is 31.9 Å². The number of rotatable bonds is 5. The number of allylic oxidation sites excluding steroid dienone is 1. The minimum absolute atomic E-state index is 0.187. The predicted octanol–water partition coefficient (Wildman–Crippen LogP) is 2.12. The van der Waals surface area contributed by atoms with E-state index < -0.39 is 0 Å². The van der Waals surface area contributed by atoms with Gasteiger partial charge in [0.25, 0.3) is 0 Å². The van der Waals surface area contributed by atoms with E-state index in [1.54, 1.807) is 6.08 Å². The maximum Gasteiger partial charge on any atom is 0.0612 e. The molecule has 0 aromatic heterocycles. The molecule has 54 valence electrons.